The molecule has 0 saturated carbocycles. The van der Waals surface area contributed by atoms with Crippen LogP contribution in [0.1, 0.15) is 25.0 Å². The van der Waals surface area contributed by atoms with Crippen LogP contribution in [-0.2, 0) is 13.1 Å². The zero-order chi connectivity index (χ0) is 15.4. The highest BCUT2D eigenvalue weighted by atomic mass is 16.7. The van der Waals surface area contributed by atoms with Gasteiger partial charge >= 0.3 is 0 Å². The molecule has 0 radical (unpaired) electrons. The largest absolute Gasteiger partial charge is 0.491 e. The van der Waals surface area contributed by atoms with Crippen LogP contribution in [0.25, 0.3) is 0 Å². The molecule has 1 aliphatic rings. The number of hydrogen-bond donors (Lipinski definition) is 1. The Hall–Kier alpha value is -2.20. The summed E-state index contributed by atoms with van der Waals surface area (Å²) in [6.07, 6.45) is 0.176. The van der Waals surface area contributed by atoms with Gasteiger partial charge in [-0.25, -0.2) is 0 Å². The summed E-state index contributed by atoms with van der Waals surface area (Å²) in [6, 6.07) is 14.2. The molecule has 1 aliphatic heterocycles. The van der Waals surface area contributed by atoms with Gasteiger partial charge in [-0.15, -0.1) is 0 Å². The van der Waals surface area contributed by atoms with Crippen molar-refractivity contribution >= 4 is 0 Å². The monoisotopic (exact) mass is 299 g/mol. The number of rotatable bonds is 6. The third kappa shape index (κ3) is 3.52. The van der Waals surface area contributed by atoms with Gasteiger partial charge in [-0.1, -0.05) is 24.3 Å². The van der Waals surface area contributed by atoms with E-state index in [2.05, 4.69) is 17.4 Å². The molecule has 1 heterocycles. The topological polar surface area (TPSA) is 39.7 Å². The molecule has 0 aliphatic carbocycles. The van der Waals surface area contributed by atoms with E-state index in [1.807, 2.05) is 44.2 Å². The van der Waals surface area contributed by atoms with Gasteiger partial charge in [0.1, 0.15) is 5.75 Å². The molecule has 3 rings (SSSR count). The average molecular weight is 299 g/mol. The van der Waals surface area contributed by atoms with Crippen LogP contribution < -0.4 is 19.5 Å². The van der Waals surface area contributed by atoms with E-state index in [0.29, 0.717) is 6.79 Å². The van der Waals surface area contributed by atoms with Crippen LogP contribution in [0.4, 0.5) is 0 Å². The standard InChI is InChI=1S/C18H21NO3/c1-13(2)22-16-6-4-3-5-15(16)11-19-10-14-7-8-17-18(9-14)21-12-20-17/h3-9,13,19H,10-12H2,1-2H3. The average Bonchev–Trinajstić information content (AvgIpc) is 2.96. The molecule has 1 N–H and O–H groups in total. The lowest BCUT2D eigenvalue weighted by atomic mass is 10.1. The number of benzene rings is 2. The van der Waals surface area contributed by atoms with E-state index in [0.717, 1.165) is 35.9 Å². The zero-order valence-corrected chi connectivity index (χ0v) is 13.0. The molecule has 4 heteroatoms. The fraction of sp³-hybridized carbons (Fsp3) is 0.333. The number of nitrogens with one attached hydrogen (secondary N) is 1. The van der Waals surface area contributed by atoms with Gasteiger partial charge in [0.05, 0.1) is 6.10 Å². The summed E-state index contributed by atoms with van der Waals surface area (Å²) < 4.78 is 16.5. The Morgan fingerprint density at radius 2 is 1.86 bits per heavy atom. The van der Waals surface area contributed by atoms with E-state index in [-0.39, 0.29) is 6.10 Å². The lowest BCUT2D eigenvalue weighted by molar-refractivity contribution is 0.174. The van der Waals surface area contributed by atoms with Gasteiger partial charge in [-0.2, -0.15) is 0 Å². The van der Waals surface area contributed by atoms with Crippen LogP contribution in [0.5, 0.6) is 17.2 Å². The summed E-state index contributed by atoms with van der Waals surface area (Å²) >= 11 is 0. The Morgan fingerprint density at radius 3 is 2.73 bits per heavy atom. The summed E-state index contributed by atoms with van der Waals surface area (Å²) in [5.74, 6) is 2.58. The van der Waals surface area contributed by atoms with Crippen molar-refractivity contribution < 1.29 is 14.2 Å². The number of para-hydroxylation sites is 1. The molecule has 2 aromatic rings. The van der Waals surface area contributed by atoms with E-state index < -0.39 is 0 Å². The molecular weight excluding hydrogens is 278 g/mol. The third-order valence-corrected chi connectivity index (χ3v) is 3.42. The van der Waals surface area contributed by atoms with Gasteiger partial charge in [-0.3, -0.25) is 0 Å². The van der Waals surface area contributed by atoms with Gasteiger partial charge in [0.2, 0.25) is 6.79 Å². The minimum Gasteiger partial charge on any atom is -0.491 e. The van der Waals surface area contributed by atoms with E-state index in [4.69, 9.17) is 14.2 Å². The first-order valence-corrected chi connectivity index (χ1v) is 7.56. The summed E-state index contributed by atoms with van der Waals surface area (Å²) in [6.45, 7) is 5.92. The Morgan fingerprint density at radius 1 is 1.05 bits per heavy atom. The molecule has 0 unspecified atom stereocenters. The Bertz CT molecular complexity index is 640. The van der Waals surface area contributed by atoms with Crippen LogP contribution in [-0.4, -0.2) is 12.9 Å². The normalized spacial score (nSPS) is 12.7. The molecule has 0 bridgehead atoms. The third-order valence-electron chi connectivity index (χ3n) is 3.42. The smallest absolute Gasteiger partial charge is 0.231 e. The second kappa shape index (κ2) is 6.71. The second-order valence-corrected chi connectivity index (χ2v) is 5.57. The van der Waals surface area contributed by atoms with Crippen molar-refractivity contribution in [3.63, 3.8) is 0 Å². The molecule has 0 aromatic heterocycles. The highest BCUT2D eigenvalue weighted by molar-refractivity contribution is 5.44. The summed E-state index contributed by atoms with van der Waals surface area (Å²) in [4.78, 5) is 0. The SMILES string of the molecule is CC(C)Oc1ccccc1CNCc1ccc2c(c1)OCO2. The number of ether oxygens (including phenoxy) is 3. The van der Waals surface area contributed by atoms with Gasteiger partial charge in [-0.05, 0) is 37.6 Å². The molecule has 4 nitrogen and oxygen atoms in total. The van der Waals surface area contributed by atoms with Crippen LogP contribution in [0, 0.1) is 0 Å². The van der Waals surface area contributed by atoms with Crippen molar-refractivity contribution in [2.75, 3.05) is 6.79 Å². The van der Waals surface area contributed by atoms with Gasteiger partial charge in [0.25, 0.3) is 0 Å². The van der Waals surface area contributed by atoms with Gasteiger partial charge < -0.3 is 19.5 Å². The van der Waals surface area contributed by atoms with Gasteiger partial charge in [0.15, 0.2) is 11.5 Å². The first-order valence-electron chi connectivity index (χ1n) is 7.56. The van der Waals surface area contributed by atoms with Crippen LogP contribution in [0.2, 0.25) is 0 Å². The fourth-order valence-electron chi connectivity index (χ4n) is 2.41. The quantitative estimate of drug-likeness (QED) is 0.886. The maximum Gasteiger partial charge on any atom is 0.231 e. The molecule has 22 heavy (non-hydrogen) atoms. The lowest BCUT2D eigenvalue weighted by Gasteiger charge is -2.14. The second-order valence-electron chi connectivity index (χ2n) is 5.57. The van der Waals surface area contributed by atoms with E-state index in [1.54, 1.807) is 0 Å². The van der Waals surface area contributed by atoms with Crippen molar-refractivity contribution in [1.29, 1.82) is 0 Å². The van der Waals surface area contributed by atoms with Crippen LogP contribution in [0.3, 0.4) is 0 Å². The summed E-state index contributed by atoms with van der Waals surface area (Å²) in [5.41, 5.74) is 2.34. The maximum atomic E-state index is 5.83. The minimum atomic E-state index is 0.176. The lowest BCUT2D eigenvalue weighted by Crippen LogP contribution is -2.15. The summed E-state index contributed by atoms with van der Waals surface area (Å²) in [5, 5.41) is 3.45. The Kier molecular flexibility index (Phi) is 4.49. The fourth-order valence-corrected chi connectivity index (χ4v) is 2.41. The molecule has 0 saturated heterocycles. The van der Waals surface area contributed by atoms with E-state index in [1.165, 1.54) is 5.56 Å². The number of fused-ring (bicyclic) bond motifs is 1. The molecule has 0 fully saturated rings. The highest BCUT2D eigenvalue weighted by Gasteiger charge is 2.13. The van der Waals surface area contributed by atoms with Crippen molar-refractivity contribution in [2.45, 2.75) is 33.0 Å². The predicted molar refractivity (Wildman–Crippen MR) is 85.3 cm³/mol. The van der Waals surface area contributed by atoms with Crippen molar-refractivity contribution in [2.24, 2.45) is 0 Å². The van der Waals surface area contributed by atoms with Crippen LogP contribution >= 0.6 is 0 Å². The van der Waals surface area contributed by atoms with Crippen molar-refractivity contribution in [3.8, 4) is 17.2 Å². The Labute approximate surface area is 131 Å². The van der Waals surface area contributed by atoms with Crippen molar-refractivity contribution in [1.82, 2.24) is 5.32 Å². The first kappa shape index (κ1) is 14.7. The Balaban J connectivity index is 1.59. The van der Waals surface area contributed by atoms with Crippen molar-refractivity contribution in [3.05, 3.63) is 53.6 Å². The molecule has 0 spiro atoms. The van der Waals surface area contributed by atoms with Gasteiger partial charge in [0, 0.05) is 18.7 Å². The molecule has 116 valence electrons. The predicted octanol–water partition coefficient (Wildman–Crippen LogP) is 3.49. The highest BCUT2D eigenvalue weighted by Crippen LogP contribution is 2.32. The minimum absolute atomic E-state index is 0.176. The molecule has 2 aromatic carbocycles. The first-order chi connectivity index (χ1) is 10.7. The number of hydrogen-bond acceptors (Lipinski definition) is 4. The van der Waals surface area contributed by atoms with E-state index in [9.17, 15) is 0 Å². The summed E-state index contributed by atoms with van der Waals surface area (Å²) in [7, 11) is 0. The molecule has 0 amide bonds. The maximum absolute atomic E-state index is 5.83. The van der Waals surface area contributed by atoms with E-state index >= 15 is 0 Å². The molecular formula is C18H21NO3. The molecule has 0 atom stereocenters. The van der Waals surface area contributed by atoms with Crippen LogP contribution in [0.15, 0.2) is 42.5 Å². The zero-order valence-electron chi connectivity index (χ0n) is 13.0.